The first-order chi connectivity index (χ1) is 9.24. The zero-order chi connectivity index (χ0) is 14.1. The molecule has 0 saturated carbocycles. The third-order valence-corrected chi connectivity index (χ3v) is 3.35. The van der Waals surface area contributed by atoms with Gasteiger partial charge in [-0.1, -0.05) is 12.1 Å². The van der Waals surface area contributed by atoms with Crippen molar-refractivity contribution in [3.8, 4) is 0 Å². The fourth-order valence-corrected chi connectivity index (χ4v) is 2.34. The van der Waals surface area contributed by atoms with Crippen molar-refractivity contribution >= 4 is 23.8 Å². The van der Waals surface area contributed by atoms with E-state index in [1.54, 1.807) is 0 Å². The van der Waals surface area contributed by atoms with Crippen LogP contribution in [-0.2, 0) is 22.0 Å². The number of hydrogen-bond acceptors (Lipinski definition) is 4. The number of halogens is 1. The highest BCUT2D eigenvalue weighted by molar-refractivity contribution is 6.17. The van der Waals surface area contributed by atoms with Gasteiger partial charge in [0.05, 0.1) is 6.61 Å². The highest BCUT2D eigenvalue weighted by atomic mass is 35.5. The number of hydrogen-bond donors (Lipinski definition) is 1. The molecular formula is C14H21ClN2O2. The van der Waals surface area contributed by atoms with Crippen LogP contribution in [0.2, 0.25) is 0 Å². The smallest absolute Gasteiger partial charge is 0.293 e. The van der Waals surface area contributed by atoms with Gasteiger partial charge in [0, 0.05) is 31.7 Å². The number of carbonyl (C=O) groups is 1. The molecule has 2 N–H and O–H groups in total. The van der Waals surface area contributed by atoms with E-state index in [-0.39, 0.29) is 0 Å². The van der Waals surface area contributed by atoms with Crippen LogP contribution in [0.25, 0.3) is 0 Å². The molecule has 5 heteroatoms. The molecule has 0 aromatic heterocycles. The van der Waals surface area contributed by atoms with E-state index in [1.807, 2.05) is 19.2 Å². The fraction of sp³-hybridized carbons (Fsp3) is 0.500. The summed E-state index contributed by atoms with van der Waals surface area (Å²) in [5.74, 6) is 0.460. The summed E-state index contributed by atoms with van der Waals surface area (Å²) in [5.41, 5.74) is 9.03. The number of unbranched alkanes of at least 4 members (excludes halogenated alkanes) is 1. The van der Waals surface area contributed by atoms with Crippen molar-refractivity contribution in [2.45, 2.75) is 25.3 Å². The molecule has 0 spiro atoms. The van der Waals surface area contributed by atoms with Crippen molar-refractivity contribution in [3.63, 3.8) is 0 Å². The lowest BCUT2D eigenvalue weighted by Crippen LogP contribution is -2.21. The average molecular weight is 285 g/mol. The zero-order valence-electron chi connectivity index (χ0n) is 11.3. The van der Waals surface area contributed by atoms with Crippen LogP contribution >= 0.6 is 11.6 Å². The van der Waals surface area contributed by atoms with Crippen molar-refractivity contribution in [1.29, 1.82) is 0 Å². The van der Waals surface area contributed by atoms with E-state index >= 15 is 0 Å². The number of alkyl halides is 1. The van der Waals surface area contributed by atoms with Crippen molar-refractivity contribution < 1.29 is 9.53 Å². The molecule has 0 amide bonds. The van der Waals surface area contributed by atoms with Gasteiger partial charge in [0.1, 0.15) is 0 Å². The van der Waals surface area contributed by atoms with Gasteiger partial charge < -0.3 is 15.4 Å². The summed E-state index contributed by atoms with van der Waals surface area (Å²) < 4.78 is 4.67. The molecule has 19 heavy (non-hydrogen) atoms. The van der Waals surface area contributed by atoms with Crippen LogP contribution in [0.1, 0.15) is 24.0 Å². The second kappa shape index (κ2) is 8.77. The highest BCUT2D eigenvalue weighted by Gasteiger charge is 2.10. The molecule has 0 bridgehead atoms. The van der Waals surface area contributed by atoms with Gasteiger partial charge in [-0.3, -0.25) is 4.79 Å². The second-order valence-corrected chi connectivity index (χ2v) is 4.62. The van der Waals surface area contributed by atoms with E-state index in [9.17, 15) is 4.79 Å². The summed E-state index contributed by atoms with van der Waals surface area (Å²) in [6.45, 7) is 2.35. The van der Waals surface area contributed by atoms with E-state index in [2.05, 4.69) is 15.7 Å². The second-order valence-electron chi connectivity index (χ2n) is 4.35. The summed E-state index contributed by atoms with van der Waals surface area (Å²) in [6.07, 6.45) is 1.81. The number of rotatable bonds is 9. The normalized spacial score (nSPS) is 10.3. The van der Waals surface area contributed by atoms with E-state index in [0.717, 1.165) is 36.2 Å². The molecule has 0 atom stereocenters. The van der Waals surface area contributed by atoms with Gasteiger partial charge in [-0.2, -0.15) is 0 Å². The SMILES string of the molecule is CN(CCCCOC=O)c1cccc(CN)c1CCl. The van der Waals surface area contributed by atoms with Crippen LogP contribution in [0.15, 0.2) is 18.2 Å². The number of nitrogens with zero attached hydrogens (tertiary/aromatic N) is 1. The predicted octanol–water partition coefficient (Wildman–Crippen LogP) is 2.27. The number of ether oxygens (including phenoxy) is 1. The van der Waals surface area contributed by atoms with Crippen LogP contribution in [0, 0.1) is 0 Å². The topological polar surface area (TPSA) is 55.6 Å². The largest absolute Gasteiger partial charge is 0.468 e. The first-order valence-electron chi connectivity index (χ1n) is 6.37. The van der Waals surface area contributed by atoms with Crippen molar-refractivity contribution in [3.05, 3.63) is 29.3 Å². The van der Waals surface area contributed by atoms with Crippen LogP contribution in [0.3, 0.4) is 0 Å². The predicted molar refractivity (Wildman–Crippen MR) is 78.4 cm³/mol. The van der Waals surface area contributed by atoms with Gasteiger partial charge in [0.2, 0.25) is 0 Å². The van der Waals surface area contributed by atoms with Gasteiger partial charge in [-0.15, -0.1) is 11.6 Å². The zero-order valence-corrected chi connectivity index (χ0v) is 12.0. The van der Waals surface area contributed by atoms with Crippen LogP contribution in [0.5, 0.6) is 0 Å². The summed E-state index contributed by atoms with van der Waals surface area (Å²) in [7, 11) is 2.03. The molecule has 0 aliphatic heterocycles. The molecule has 1 aromatic carbocycles. The molecule has 1 rings (SSSR count). The Labute approximate surface area is 119 Å². The van der Waals surface area contributed by atoms with Gasteiger partial charge in [-0.25, -0.2) is 0 Å². The van der Waals surface area contributed by atoms with E-state index in [0.29, 0.717) is 25.5 Å². The van der Waals surface area contributed by atoms with Crippen molar-refractivity contribution in [2.24, 2.45) is 5.73 Å². The van der Waals surface area contributed by atoms with Gasteiger partial charge in [-0.05, 0) is 30.0 Å². The van der Waals surface area contributed by atoms with Crippen molar-refractivity contribution in [1.82, 2.24) is 0 Å². The van der Waals surface area contributed by atoms with Crippen LogP contribution < -0.4 is 10.6 Å². The quantitative estimate of drug-likeness (QED) is 0.429. The summed E-state index contributed by atoms with van der Waals surface area (Å²) >= 11 is 6.02. The number of carbonyl (C=O) groups excluding carboxylic acids is 1. The Morgan fingerprint density at radius 3 is 2.84 bits per heavy atom. The lowest BCUT2D eigenvalue weighted by atomic mass is 10.1. The molecule has 0 unspecified atom stereocenters. The van der Waals surface area contributed by atoms with Gasteiger partial charge in [0.25, 0.3) is 6.47 Å². The lowest BCUT2D eigenvalue weighted by Gasteiger charge is -2.23. The van der Waals surface area contributed by atoms with Crippen LogP contribution in [-0.4, -0.2) is 26.7 Å². The minimum Gasteiger partial charge on any atom is -0.468 e. The van der Waals surface area contributed by atoms with E-state index in [4.69, 9.17) is 17.3 Å². The molecule has 106 valence electrons. The minimum absolute atomic E-state index is 0.460. The Morgan fingerprint density at radius 2 is 2.21 bits per heavy atom. The van der Waals surface area contributed by atoms with Gasteiger partial charge >= 0.3 is 0 Å². The molecule has 0 fully saturated rings. The Kier molecular flexibility index (Phi) is 7.30. The van der Waals surface area contributed by atoms with E-state index < -0.39 is 0 Å². The molecule has 0 aliphatic rings. The maximum Gasteiger partial charge on any atom is 0.293 e. The van der Waals surface area contributed by atoms with E-state index in [1.165, 1.54) is 0 Å². The maximum atomic E-state index is 10.0. The van der Waals surface area contributed by atoms with Gasteiger partial charge in [0.15, 0.2) is 0 Å². The Hall–Kier alpha value is -1.26. The molecule has 4 nitrogen and oxygen atoms in total. The number of anilines is 1. The van der Waals surface area contributed by atoms with Crippen LogP contribution in [0.4, 0.5) is 5.69 Å². The Bertz CT molecular complexity index is 399. The molecule has 0 radical (unpaired) electrons. The third kappa shape index (κ3) is 4.73. The standard InChI is InChI=1S/C14H21ClN2O2/c1-17(7-2-3-8-19-11-18)14-6-4-5-12(10-16)13(14)9-15/h4-6,11H,2-3,7-10,16H2,1H3. The Morgan fingerprint density at radius 1 is 1.42 bits per heavy atom. The molecule has 0 saturated heterocycles. The molecule has 0 heterocycles. The number of benzene rings is 1. The lowest BCUT2D eigenvalue weighted by molar-refractivity contribution is -0.128. The number of nitrogens with two attached hydrogens (primary N) is 1. The third-order valence-electron chi connectivity index (χ3n) is 3.09. The maximum absolute atomic E-state index is 10.0. The summed E-state index contributed by atoms with van der Waals surface area (Å²) in [4.78, 5) is 12.2. The molecule has 1 aromatic rings. The minimum atomic E-state index is 0.460. The summed E-state index contributed by atoms with van der Waals surface area (Å²) in [5, 5.41) is 0. The Balaban J connectivity index is 2.60. The first kappa shape index (κ1) is 15.8. The highest BCUT2D eigenvalue weighted by Crippen LogP contribution is 2.25. The first-order valence-corrected chi connectivity index (χ1v) is 6.91. The molecular weight excluding hydrogens is 264 g/mol. The fourth-order valence-electron chi connectivity index (χ4n) is 2.03. The monoisotopic (exact) mass is 284 g/mol. The molecule has 0 aliphatic carbocycles. The van der Waals surface area contributed by atoms with Crippen molar-refractivity contribution in [2.75, 3.05) is 25.1 Å². The average Bonchev–Trinajstić information content (AvgIpc) is 2.45. The summed E-state index contributed by atoms with van der Waals surface area (Å²) in [6, 6.07) is 6.06.